The van der Waals surface area contributed by atoms with E-state index >= 15 is 0 Å². The molecule has 1 N–H and O–H groups in total. The summed E-state index contributed by atoms with van der Waals surface area (Å²) in [7, 11) is 0. The van der Waals surface area contributed by atoms with E-state index < -0.39 is 6.10 Å². The van der Waals surface area contributed by atoms with Crippen LogP contribution in [0.15, 0.2) is 36.4 Å². The van der Waals surface area contributed by atoms with Crippen molar-refractivity contribution in [2.24, 2.45) is 0 Å². The van der Waals surface area contributed by atoms with Gasteiger partial charge in [-0.25, -0.2) is 0 Å². The third-order valence-electron chi connectivity index (χ3n) is 3.23. The summed E-state index contributed by atoms with van der Waals surface area (Å²) < 4.78 is 5.74. The Bertz CT molecular complexity index is 681. The van der Waals surface area contributed by atoms with Crippen molar-refractivity contribution in [1.82, 2.24) is 0 Å². The van der Waals surface area contributed by atoms with E-state index in [0.717, 1.165) is 11.1 Å². The fraction of sp³-hybridized carbons (Fsp3) is 0.235. The molecule has 0 aromatic heterocycles. The minimum absolute atomic E-state index is 0.309. The predicted octanol–water partition coefficient (Wildman–Crippen LogP) is 5.02. The molecule has 2 aromatic rings. The Kier molecular flexibility index (Phi) is 5.33. The van der Waals surface area contributed by atoms with Crippen LogP contribution < -0.4 is 10.1 Å². The zero-order chi connectivity index (χ0) is 16.3. The van der Waals surface area contributed by atoms with E-state index in [0.29, 0.717) is 21.5 Å². The van der Waals surface area contributed by atoms with E-state index in [-0.39, 0.29) is 5.91 Å². The minimum Gasteiger partial charge on any atom is -0.481 e. The number of amides is 1. The molecule has 22 heavy (non-hydrogen) atoms. The van der Waals surface area contributed by atoms with Crippen LogP contribution in [0.5, 0.6) is 5.75 Å². The van der Waals surface area contributed by atoms with Gasteiger partial charge in [0.05, 0.1) is 15.7 Å². The first-order valence-corrected chi connectivity index (χ1v) is 7.63. The van der Waals surface area contributed by atoms with Crippen LogP contribution in [0.4, 0.5) is 5.69 Å². The van der Waals surface area contributed by atoms with Crippen molar-refractivity contribution in [2.75, 3.05) is 5.32 Å². The molecule has 0 radical (unpaired) electrons. The Morgan fingerprint density at radius 1 is 1.14 bits per heavy atom. The number of anilines is 1. The smallest absolute Gasteiger partial charge is 0.265 e. The zero-order valence-corrected chi connectivity index (χ0v) is 14.1. The largest absolute Gasteiger partial charge is 0.481 e. The van der Waals surface area contributed by atoms with Crippen molar-refractivity contribution in [3.8, 4) is 5.75 Å². The number of benzene rings is 2. The summed E-state index contributed by atoms with van der Waals surface area (Å²) in [6.07, 6.45) is -0.673. The number of halogens is 2. The molecule has 2 aromatic carbocycles. The first-order valence-electron chi connectivity index (χ1n) is 6.87. The maximum Gasteiger partial charge on any atom is 0.265 e. The second-order valence-corrected chi connectivity index (χ2v) is 5.93. The third-order valence-corrected chi connectivity index (χ3v) is 3.86. The van der Waals surface area contributed by atoms with Gasteiger partial charge in [0, 0.05) is 0 Å². The zero-order valence-electron chi connectivity index (χ0n) is 12.6. The lowest BCUT2D eigenvalue weighted by Crippen LogP contribution is -2.30. The Morgan fingerprint density at radius 2 is 1.77 bits per heavy atom. The summed E-state index contributed by atoms with van der Waals surface area (Å²) in [4.78, 5) is 12.3. The highest BCUT2D eigenvalue weighted by Gasteiger charge is 2.18. The molecule has 0 spiro atoms. The molecule has 0 fully saturated rings. The van der Waals surface area contributed by atoms with E-state index in [4.69, 9.17) is 27.9 Å². The van der Waals surface area contributed by atoms with Crippen LogP contribution in [0.2, 0.25) is 10.0 Å². The van der Waals surface area contributed by atoms with E-state index in [1.54, 1.807) is 25.1 Å². The van der Waals surface area contributed by atoms with Crippen LogP contribution >= 0.6 is 23.2 Å². The topological polar surface area (TPSA) is 38.3 Å². The van der Waals surface area contributed by atoms with Crippen molar-refractivity contribution in [3.05, 3.63) is 57.6 Å². The molecular weight excluding hydrogens is 321 g/mol. The van der Waals surface area contributed by atoms with Crippen LogP contribution in [0, 0.1) is 13.8 Å². The highest BCUT2D eigenvalue weighted by Crippen LogP contribution is 2.30. The van der Waals surface area contributed by atoms with Gasteiger partial charge >= 0.3 is 0 Å². The molecule has 2 rings (SSSR count). The van der Waals surface area contributed by atoms with E-state index in [2.05, 4.69) is 5.32 Å². The van der Waals surface area contributed by atoms with Gasteiger partial charge in [0.25, 0.3) is 5.91 Å². The fourth-order valence-electron chi connectivity index (χ4n) is 1.92. The van der Waals surface area contributed by atoms with Gasteiger partial charge < -0.3 is 10.1 Å². The Hall–Kier alpha value is -1.71. The molecular formula is C17H17Cl2NO2. The van der Waals surface area contributed by atoms with Crippen molar-refractivity contribution < 1.29 is 9.53 Å². The molecule has 1 atom stereocenters. The highest BCUT2D eigenvalue weighted by atomic mass is 35.5. The standard InChI is InChI=1S/C17H17Cl2NO2/c1-10-7-8-11(2)15(9-10)22-12(3)17(21)20-16-13(18)5-4-6-14(16)19/h4-9,12H,1-3H3,(H,20,21)/t12-/m0/s1. The van der Waals surface area contributed by atoms with Gasteiger partial charge in [0.15, 0.2) is 6.10 Å². The molecule has 0 aliphatic heterocycles. The highest BCUT2D eigenvalue weighted by molar-refractivity contribution is 6.39. The monoisotopic (exact) mass is 337 g/mol. The lowest BCUT2D eigenvalue weighted by molar-refractivity contribution is -0.122. The van der Waals surface area contributed by atoms with Crippen LogP contribution in [-0.4, -0.2) is 12.0 Å². The number of nitrogens with one attached hydrogen (secondary N) is 1. The maximum absolute atomic E-state index is 12.3. The van der Waals surface area contributed by atoms with Gasteiger partial charge in [0.2, 0.25) is 0 Å². The van der Waals surface area contributed by atoms with Gasteiger partial charge in [0.1, 0.15) is 5.75 Å². The summed E-state index contributed by atoms with van der Waals surface area (Å²) >= 11 is 12.1. The lowest BCUT2D eigenvalue weighted by Gasteiger charge is -2.17. The number of aryl methyl sites for hydroxylation is 2. The average molecular weight is 338 g/mol. The van der Waals surface area contributed by atoms with Crippen LogP contribution in [0.1, 0.15) is 18.1 Å². The molecule has 5 heteroatoms. The Morgan fingerprint density at radius 3 is 2.41 bits per heavy atom. The normalized spacial score (nSPS) is 11.9. The number of hydrogen-bond donors (Lipinski definition) is 1. The summed E-state index contributed by atoms with van der Waals surface area (Å²) in [5.41, 5.74) is 2.44. The number of rotatable bonds is 4. The Labute approximate surface area is 140 Å². The molecule has 3 nitrogen and oxygen atoms in total. The van der Waals surface area contributed by atoms with Crippen LogP contribution in [0.25, 0.3) is 0 Å². The summed E-state index contributed by atoms with van der Waals surface area (Å²) in [5, 5.41) is 3.48. The molecule has 0 bridgehead atoms. The van der Waals surface area contributed by atoms with Crippen molar-refractivity contribution >= 4 is 34.8 Å². The minimum atomic E-state index is -0.673. The molecule has 0 aliphatic rings. The number of carbonyl (C=O) groups is 1. The van der Waals surface area contributed by atoms with Gasteiger partial charge in [-0.15, -0.1) is 0 Å². The second-order valence-electron chi connectivity index (χ2n) is 5.11. The fourth-order valence-corrected chi connectivity index (χ4v) is 2.41. The van der Waals surface area contributed by atoms with Gasteiger partial charge in [-0.05, 0) is 50.1 Å². The van der Waals surface area contributed by atoms with Gasteiger partial charge in [-0.3, -0.25) is 4.79 Å². The summed E-state index contributed by atoms with van der Waals surface area (Å²) in [6, 6.07) is 10.9. The number of hydrogen-bond acceptors (Lipinski definition) is 2. The number of carbonyl (C=O) groups excluding carboxylic acids is 1. The van der Waals surface area contributed by atoms with Gasteiger partial charge in [-0.2, -0.15) is 0 Å². The molecule has 0 unspecified atom stereocenters. The van der Waals surface area contributed by atoms with E-state index in [9.17, 15) is 4.79 Å². The molecule has 0 aliphatic carbocycles. The lowest BCUT2D eigenvalue weighted by atomic mass is 10.1. The Balaban J connectivity index is 2.11. The van der Waals surface area contributed by atoms with E-state index in [1.165, 1.54) is 0 Å². The number of para-hydroxylation sites is 1. The molecule has 0 heterocycles. The summed E-state index contributed by atoms with van der Waals surface area (Å²) in [5.74, 6) is 0.379. The molecule has 116 valence electrons. The van der Waals surface area contributed by atoms with Crippen molar-refractivity contribution in [3.63, 3.8) is 0 Å². The van der Waals surface area contributed by atoms with Crippen molar-refractivity contribution in [1.29, 1.82) is 0 Å². The van der Waals surface area contributed by atoms with Crippen LogP contribution in [-0.2, 0) is 4.79 Å². The van der Waals surface area contributed by atoms with E-state index in [1.807, 2.05) is 32.0 Å². The van der Waals surface area contributed by atoms with Gasteiger partial charge in [-0.1, -0.05) is 41.4 Å². The summed E-state index contributed by atoms with van der Waals surface area (Å²) in [6.45, 7) is 5.59. The van der Waals surface area contributed by atoms with Crippen LogP contribution in [0.3, 0.4) is 0 Å². The molecule has 0 saturated heterocycles. The first-order chi connectivity index (χ1) is 10.4. The van der Waals surface area contributed by atoms with Crippen molar-refractivity contribution in [2.45, 2.75) is 26.9 Å². The SMILES string of the molecule is Cc1ccc(C)c(O[C@@H](C)C(=O)Nc2c(Cl)cccc2Cl)c1. The molecule has 0 saturated carbocycles. The quantitative estimate of drug-likeness (QED) is 0.850. The maximum atomic E-state index is 12.3. The first kappa shape index (κ1) is 16.7. The number of ether oxygens (including phenoxy) is 1. The molecule has 1 amide bonds. The second kappa shape index (κ2) is 7.03. The predicted molar refractivity (Wildman–Crippen MR) is 91.1 cm³/mol. The average Bonchev–Trinajstić information content (AvgIpc) is 2.46. The third kappa shape index (κ3) is 3.93.